The Hall–Kier alpha value is -2.88. The molecule has 1 saturated carbocycles. The highest BCUT2D eigenvalue weighted by Crippen LogP contribution is 2.36. The van der Waals surface area contributed by atoms with Gasteiger partial charge in [-0.1, -0.05) is 44.2 Å². The van der Waals surface area contributed by atoms with E-state index in [9.17, 15) is 9.90 Å². The standard InChI is InChI=1S/C22H24N2O2/c1-22(2)13-18(24-17-10-8-16(23)9-11-17)21(20(26)14-22)19(25)12-15-6-4-3-5-7-15/h3-11,25H,12-14,23H2,1-2H3/b21-19-,24-18?. The molecule has 4 heteroatoms. The van der Waals surface area contributed by atoms with E-state index in [-0.39, 0.29) is 17.0 Å². The molecule has 3 rings (SSSR count). The van der Waals surface area contributed by atoms with Gasteiger partial charge in [-0.2, -0.15) is 0 Å². The van der Waals surface area contributed by atoms with Crippen molar-refractivity contribution in [2.45, 2.75) is 33.1 Å². The van der Waals surface area contributed by atoms with Gasteiger partial charge in [0.1, 0.15) is 5.76 Å². The number of aliphatic hydroxyl groups is 1. The zero-order chi connectivity index (χ0) is 18.7. The highest BCUT2D eigenvalue weighted by molar-refractivity contribution is 6.25. The van der Waals surface area contributed by atoms with Crippen LogP contribution >= 0.6 is 0 Å². The first-order valence-electron chi connectivity index (χ1n) is 8.77. The van der Waals surface area contributed by atoms with E-state index in [1.54, 1.807) is 12.1 Å². The lowest BCUT2D eigenvalue weighted by Gasteiger charge is -2.31. The molecule has 0 aliphatic heterocycles. The summed E-state index contributed by atoms with van der Waals surface area (Å²) in [4.78, 5) is 17.4. The number of nitrogens with zero attached hydrogens (tertiary/aromatic N) is 1. The third kappa shape index (κ3) is 4.20. The van der Waals surface area contributed by atoms with Crippen LogP contribution < -0.4 is 5.73 Å². The van der Waals surface area contributed by atoms with Gasteiger partial charge in [0.2, 0.25) is 0 Å². The van der Waals surface area contributed by atoms with Crippen molar-refractivity contribution >= 4 is 22.9 Å². The number of ketones is 1. The predicted octanol–water partition coefficient (Wildman–Crippen LogP) is 4.79. The molecule has 0 aromatic heterocycles. The molecular weight excluding hydrogens is 324 g/mol. The highest BCUT2D eigenvalue weighted by Gasteiger charge is 2.36. The first kappa shape index (κ1) is 17.9. The number of carbonyl (C=O) groups excluding carboxylic acids is 1. The maximum Gasteiger partial charge on any atom is 0.168 e. The quantitative estimate of drug-likeness (QED) is 0.476. The Kier molecular flexibility index (Phi) is 4.94. The van der Waals surface area contributed by atoms with Crippen LogP contribution in [-0.4, -0.2) is 16.6 Å². The Balaban J connectivity index is 2.02. The molecule has 3 N–H and O–H groups in total. The molecule has 2 aromatic carbocycles. The van der Waals surface area contributed by atoms with Gasteiger partial charge in [0, 0.05) is 18.5 Å². The number of allylic oxidation sites excluding steroid dienone is 2. The monoisotopic (exact) mass is 348 g/mol. The first-order chi connectivity index (χ1) is 12.3. The number of benzene rings is 2. The summed E-state index contributed by atoms with van der Waals surface area (Å²) in [5, 5.41) is 10.7. The number of Topliss-reactive ketones (excluding diaryl/α,β-unsaturated/α-hetero) is 1. The van der Waals surface area contributed by atoms with E-state index >= 15 is 0 Å². The molecule has 0 spiro atoms. The van der Waals surface area contributed by atoms with E-state index in [2.05, 4.69) is 18.8 Å². The molecule has 1 aliphatic carbocycles. The van der Waals surface area contributed by atoms with Crippen molar-refractivity contribution in [3.8, 4) is 0 Å². The lowest BCUT2D eigenvalue weighted by atomic mass is 9.73. The molecule has 4 nitrogen and oxygen atoms in total. The first-order valence-corrected chi connectivity index (χ1v) is 8.77. The fourth-order valence-corrected chi connectivity index (χ4v) is 3.29. The van der Waals surface area contributed by atoms with Gasteiger partial charge < -0.3 is 10.8 Å². The molecule has 0 radical (unpaired) electrons. The smallest absolute Gasteiger partial charge is 0.168 e. The maximum atomic E-state index is 12.8. The zero-order valence-electron chi connectivity index (χ0n) is 15.2. The summed E-state index contributed by atoms with van der Waals surface area (Å²) in [5.41, 5.74) is 8.91. The van der Waals surface area contributed by atoms with Gasteiger partial charge in [-0.15, -0.1) is 0 Å². The molecule has 134 valence electrons. The second-order valence-corrected chi connectivity index (χ2v) is 7.58. The number of anilines is 1. The Morgan fingerprint density at radius 1 is 1.08 bits per heavy atom. The average molecular weight is 348 g/mol. The minimum absolute atomic E-state index is 0.0520. The maximum absolute atomic E-state index is 12.8. The van der Waals surface area contributed by atoms with Crippen molar-refractivity contribution in [1.82, 2.24) is 0 Å². The van der Waals surface area contributed by atoms with Gasteiger partial charge in [0.15, 0.2) is 5.78 Å². The summed E-state index contributed by atoms with van der Waals surface area (Å²) in [6.07, 6.45) is 1.36. The minimum Gasteiger partial charge on any atom is -0.511 e. The summed E-state index contributed by atoms with van der Waals surface area (Å²) in [5.74, 6) is 0.0368. The molecule has 0 heterocycles. The fraction of sp³-hybridized carbons (Fsp3) is 0.273. The molecule has 0 amide bonds. The zero-order valence-corrected chi connectivity index (χ0v) is 15.2. The lowest BCUT2D eigenvalue weighted by Crippen LogP contribution is -2.32. The largest absolute Gasteiger partial charge is 0.511 e. The molecule has 0 atom stereocenters. The van der Waals surface area contributed by atoms with E-state index in [1.807, 2.05) is 42.5 Å². The van der Waals surface area contributed by atoms with Crippen molar-refractivity contribution < 1.29 is 9.90 Å². The van der Waals surface area contributed by atoms with E-state index in [0.29, 0.717) is 36.2 Å². The number of nitrogens with two attached hydrogens (primary N) is 1. The van der Waals surface area contributed by atoms with Crippen LogP contribution in [0.15, 0.2) is 70.9 Å². The number of aliphatic imine (C=N–C) groups is 1. The van der Waals surface area contributed by atoms with Crippen molar-refractivity contribution in [2.24, 2.45) is 10.4 Å². The number of hydrogen-bond acceptors (Lipinski definition) is 4. The molecule has 0 saturated heterocycles. The summed E-state index contributed by atoms with van der Waals surface area (Å²) >= 11 is 0. The third-order valence-electron chi connectivity index (χ3n) is 4.51. The van der Waals surface area contributed by atoms with Crippen LogP contribution in [0.25, 0.3) is 0 Å². The Morgan fingerprint density at radius 2 is 1.73 bits per heavy atom. The van der Waals surface area contributed by atoms with Crippen LogP contribution in [0.5, 0.6) is 0 Å². The van der Waals surface area contributed by atoms with Crippen LogP contribution in [-0.2, 0) is 11.2 Å². The Morgan fingerprint density at radius 3 is 2.38 bits per heavy atom. The second-order valence-electron chi connectivity index (χ2n) is 7.58. The molecular formula is C22H24N2O2. The predicted molar refractivity (Wildman–Crippen MR) is 106 cm³/mol. The Bertz CT molecular complexity index is 863. The molecule has 0 bridgehead atoms. The van der Waals surface area contributed by atoms with Gasteiger partial charge >= 0.3 is 0 Å². The van der Waals surface area contributed by atoms with E-state index in [0.717, 1.165) is 11.3 Å². The summed E-state index contributed by atoms with van der Waals surface area (Å²) in [6, 6.07) is 16.8. The number of aliphatic hydroxyl groups excluding tert-OH is 1. The van der Waals surface area contributed by atoms with Crippen molar-refractivity contribution in [3.05, 3.63) is 71.5 Å². The van der Waals surface area contributed by atoms with E-state index in [1.165, 1.54) is 0 Å². The van der Waals surface area contributed by atoms with Crippen LogP contribution in [0, 0.1) is 5.41 Å². The van der Waals surface area contributed by atoms with Crippen molar-refractivity contribution in [2.75, 3.05) is 5.73 Å². The van der Waals surface area contributed by atoms with Crippen LogP contribution in [0.4, 0.5) is 11.4 Å². The Labute approximate surface area is 154 Å². The molecule has 1 aliphatic rings. The van der Waals surface area contributed by atoms with Gasteiger partial charge in [0.05, 0.1) is 17.0 Å². The van der Waals surface area contributed by atoms with Gasteiger partial charge in [-0.25, -0.2) is 0 Å². The number of carbonyl (C=O) groups is 1. The highest BCUT2D eigenvalue weighted by atomic mass is 16.3. The average Bonchev–Trinajstić information content (AvgIpc) is 2.56. The summed E-state index contributed by atoms with van der Waals surface area (Å²) in [6.45, 7) is 4.10. The SMILES string of the molecule is CC1(C)CC(=O)/C(=C(\O)Cc2ccccc2)C(=Nc2ccc(N)cc2)C1. The molecule has 0 unspecified atom stereocenters. The van der Waals surface area contributed by atoms with Crippen molar-refractivity contribution in [1.29, 1.82) is 0 Å². The van der Waals surface area contributed by atoms with E-state index < -0.39 is 0 Å². The van der Waals surface area contributed by atoms with Gasteiger partial charge in [-0.3, -0.25) is 9.79 Å². The normalized spacial score (nSPS) is 20.2. The fourth-order valence-electron chi connectivity index (χ4n) is 3.29. The van der Waals surface area contributed by atoms with Crippen LogP contribution in [0.2, 0.25) is 0 Å². The number of rotatable bonds is 3. The lowest BCUT2D eigenvalue weighted by molar-refractivity contribution is -0.117. The third-order valence-corrected chi connectivity index (χ3v) is 4.51. The summed E-state index contributed by atoms with van der Waals surface area (Å²) < 4.78 is 0. The van der Waals surface area contributed by atoms with Crippen molar-refractivity contribution in [3.63, 3.8) is 0 Å². The molecule has 2 aromatic rings. The minimum atomic E-state index is -0.180. The number of hydrogen-bond donors (Lipinski definition) is 2. The van der Waals surface area contributed by atoms with Gasteiger partial charge in [-0.05, 0) is 41.7 Å². The van der Waals surface area contributed by atoms with E-state index in [4.69, 9.17) is 5.73 Å². The second kappa shape index (κ2) is 7.16. The number of nitrogen functional groups attached to an aromatic ring is 1. The molecule has 26 heavy (non-hydrogen) atoms. The molecule has 1 fully saturated rings. The topological polar surface area (TPSA) is 75.7 Å². The summed E-state index contributed by atoms with van der Waals surface area (Å²) in [7, 11) is 0. The van der Waals surface area contributed by atoms with Crippen LogP contribution in [0.1, 0.15) is 32.3 Å². The van der Waals surface area contributed by atoms with Gasteiger partial charge in [0.25, 0.3) is 0 Å². The van der Waals surface area contributed by atoms with Crippen LogP contribution in [0.3, 0.4) is 0 Å².